The van der Waals surface area contributed by atoms with Gasteiger partial charge in [-0.2, -0.15) is 0 Å². The van der Waals surface area contributed by atoms with Gasteiger partial charge in [-0.25, -0.2) is 4.79 Å². The van der Waals surface area contributed by atoms with Gasteiger partial charge in [0.15, 0.2) is 0 Å². The number of carbonyl (C=O) groups is 1. The minimum Gasteiger partial charge on any atom is -0.494 e. The van der Waals surface area contributed by atoms with Crippen molar-refractivity contribution in [1.29, 1.82) is 0 Å². The molecule has 0 aliphatic carbocycles. The molecule has 37 heavy (non-hydrogen) atoms. The molecule has 0 saturated carbocycles. The molecule has 1 aliphatic rings. The molecule has 0 spiro atoms. The van der Waals surface area contributed by atoms with Crippen molar-refractivity contribution in [3.63, 3.8) is 0 Å². The van der Waals surface area contributed by atoms with Gasteiger partial charge in [0.25, 0.3) is 0 Å². The van der Waals surface area contributed by atoms with E-state index in [1.54, 1.807) is 36.4 Å². The van der Waals surface area contributed by atoms with Crippen LogP contribution in [-0.4, -0.2) is 29.9 Å². The molecule has 0 amide bonds. The van der Waals surface area contributed by atoms with E-state index in [2.05, 4.69) is 13.8 Å². The van der Waals surface area contributed by atoms with E-state index >= 15 is 0 Å². The summed E-state index contributed by atoms with van der Waals surface area (Å²) in [6.45, 7) is 5.15. The third kappa shape index (κ3) is 10.5. The van der Waals surface area contributed by atoms with Crippen LogP contribution in [0.3, 0.4) is 0 Å². The summed E-state index contributed by atoms with van der Waals surface area (Å²) in [6.07, 6.45) is 15.3. The van der Waals surface area contributed by atoms with Gasteiger partial charge in [0, 0.05) is 0 Å². The number of unbranched alkanes of at least 4 members (excludes halogenated alkanes) is 10. The average Bonchev–Trinajstić information content (AvgIpc) is 3.70. The summed E-state index contributed by atoms with van der Waals surface area (Å²) in [7, 11) is 0. The lowest BCUT2D eigenvalue weighted by Gasteiger charge is -2.10. The molecule has 1 heterocycles. The molecule has 1 unspecified atom stereocenters. The van der Waals surface area contributed by atoms with Crippen molar-refractivity contribution in [1.82, 2.24) is 0 Å². The molecule has 1 N–H and O–H groups in total. The van der Waals surface area contributed by atoms with Crippen molar-refractivity contribution in [2.45, 2.75) is 116 Å². The molecule has 2 aromatic carbocycles. The van der Waals surface area contributed by atoms with Crippen LogP contribution in [0.4, 0.5) is 0 Å². The fraction of sp³-hybridized carbons (Fsp3) is 0.594. The molecule has 204 valence electrons. The smallest absolute Gasteiger partial charge is 0.343 e. The lowest BCUT2D eigenvalue weighted by Crippen LogP contribution is -2.11. The van der Waals surface area contributed by atoms with E-state index in [0.717, 1.165) is 30.6 Å². The first-order chi connectivity index (χ1) is 18.1. The predicted molar refractivity (Wildman–Crippen MR) is 148 cm³/mol. The number of hydrogen-bond acceptors (Lipinski definition) is 5. The van der Waals surface area contributed by atoms with Gasteiger partial charge < -0.3 is 19.3 Å². The minimum absolute atomic E-state index is 0.142. The van der Waals surface area contributed by atoms with Crippen LogP contribution in [0.2, 0.25) is 0 Å². The van der Waals surface area contributed by atoms with Crippen molar-refractivity contribution >= 4 is 5.97 Å². The monoisotopic (exact) mass is 510 g/mol. The second-order valence-electron chi connectivity index (χ2n) is 10.2. The first-order valence-corrected chi connectivity index (χ1v) is 14.5. The summed E-state index contributed by atoms with van der Waals surface area (Å²) >= 11 is 0. The SMILES string of the molecule is CCCCCCCCCCOc1ccc(OC(=O)c2ccc([C@H](O)[C@@H]3OC3CCCCCC)cc2)cc1. The summed E-state index contributed by atoms with van der Waals surface area (Å²) < 4.78 is 17.0. The third-order valence-electron chi connectivity index (χ3n) is 7.06. The molecule has 3 rings (SSSR count). The molecule has 2 aromatic rings. The minimum atomic E-state index is -0.667. The topological polar surface area (TPSA) is 68.3 Å². The van der Waals surface area contributed by atoms with Crippen LogP contribution < -0.4 is 9.47 Å². The Kier molecular flexibility index (Phi) is 13.0. The molecule has 1 aliphatic heterocycles. The molecular weight excluding hydrogens is 464 g/mol. The quantitative estimate of drug-likeness (QED) is 0.0893. The summed E-state index contributed by atoms with van der Waals surface area (Å²) in [5.41, 5.74) is 1.20. The van der Waals surface area contributed by atoms with Crippen LogP contribution in [0, 0.1) is 0 Å². The highest BCUT2D eigenvalue weighted by molar-refractivity contribution is 5.91. The Morgan fingerprint density at radius 1 is 0.784 bits per heavy atom. The van der Waals surface area contributed by atoms with E-state index in [1.807, 2.05) is 12.1 Å². The fourth-order valence-electron chi connectivity index (χ4n) is 4.64. The highest BCUT2D eigenvalue weighted by Crippen LogP contribution is 2.37. The lowest BCUT2D eigenvalue weighted by molar-refractivity contribution is 0.0734. The van der Waals surface area contributed by atoms with E-state index in [0.29, 0.717) is 17.9 Å². The number of hydrogen-bond donors (Lipinski definition) is 1. The van der Waals surface area contributed by atoms with Gasteiger partial charge in [0.2, 0.25) is 0 Å². The van der Waals surface area contributed by atoms with Gasteiger partial charge in [-0.15, -0.1) is 0 Å². The number of epoxide rings is 1. The summed E-state index contributed by atoms with van der Waals surface area (Å²) in [6, 6.07) is 14.1. The molecule has 0 bridgehead atoms. The highest BCUT2D eigenvalue weighted by Gasteiger charge is 2.44. The number of carbonyl (C=O) groups excluding carboxylic acids is 1. The molecule has 5 heteroatoms. The van der Waals surface area contributed by atoms with E-state index in [-0.39, 0.29) is 12.2 Å². The van der Waals surface area contributed by atoms with Gasteiger partial charge in [-0.05, 0) is 54.8 Å². The van der Waals surface area contributed by atoms with Crippen molar-refractivity contribution in [3.8, 4) is 11.5 Å². The molecule has 3 atom stereocenters. The zero-order valence-corrected chi connectivity index (χ0v) is 22.8. The van der Waals surface area contributed by atoms with Gasteiger partial charge >= 0.3 is 5.97 Å². The van der Waals surface area contributed by atoms with Gasteiger partial charge in [-0.1, -0.05) is 96.6 Å². The largest absolute Gasteiger partial charge is 0.494 e. The van der Waals surface area contributed by atoms with E-state index in [4.69, 9.17) is 14.2 Å². The number of esters is 1. The van der Waals surface area contributed by atoms with E-state index in [1.165, 1.54) is 64.2 Å². The Morgan fingerprint density at radius 3 is 2.00 bits per heavy atom. The van der Waals surface area contributed by atoms with Crippen molar-refractivity contribution in [2.75, 3.05) is 6.61 Å². The number of aliphatic hydroxyl groups excluding tert-OH is 1. The van der Waals surface area contributed by atoms with Gasteiger partial charge in [0.1, 0.15) is 23.7 Å². The Hall–Kier alpha value is -2.37. The first kappa shape index (κ1) is 29.2. The second kappa shape index (κ2) is 16.5. The fourth-order valence-corrected chi connectivity index (χ4v) is 4.64. The standard InChI is InChI=1S/C32H46O5/c1-3-5-7-9-10-11-12-14-24-35-27-20-22-28(23-21-27)36-32(34)26-18-16-25(17-19-26)30(33)31-29(37-31)15-13-8-6-4-2/h16-23,29-31,33H,3-15,24H2,1-2H3/t29?,30-,31+/m0/s1. The Balaban J connectivity index is 1.34. The Labute approximate surface area is 223 Å². The zero-order valence-electron chi connectivity index (χ0n) is 22.8. The first-order valence-electron chi connectivity index (χ1n) is 14.5. The van der Waals surface area contributed by atoms with Crippen LogP contribution in [-0.2, 0) is 4.74 Å². The molecular formula is C32H46O5. The summed E-state index contributed by atoms with van der Waals surface area (Å²) in [5, 5.41) is 10.6. The summed E-state index contributed by atoms with van der Waals surface area (Å²) in [4.78, 5) is 12.6. The number of ether oxygens (including phenoxy) is 3. The van der Waals surface area contributed by atoms with Crippen molar-refractivity contribution in [2.24, 2.45) is 0 Å². The van der Waals surface area contributed by atoms with Gasteiger partial charge in [-0.3, -0.25) is 0 Å². The Bertz CT molecular complexity index is 892. The lowest BCUT2D eigenvalue weighted by atomic mass is 10.0. The number of rotatable bonds is 19. The molecule has 0 radical (unpaired) electrons. The van der Waals surface area contributed by atoms with E-state index in [9.17, 15) is 9.90 Å². The predicted octanol–water partition coefficient (Wildman–Crippen LogP) is 8.20. The average molecular weight is 511 g/mol. The maximum atomic E-state index is 12.6. The number of aliphatic hydroxyl groups is 1. The zero-order chi connectivity index (χ0) is 26.3. The highest BCUT2D eigenvalue weighted by atomic mass is 16.6. The van der Waals surface area contributed by atoms with Crippen LogP contribution in [0.15, 0.2) is 48.5 Å². The van der Waals surface area contributed by atoms with Crippen LogP contribution >= 0.6 is 0 Å². The maximum Gasteiger partial charge on any atom is 0.343 e. The molecule has 0 aromatic heterocycles. The summed E-state index contributed by atoms with van der Waals surface area (Å²) in [5.74, 6) is 0.836. The van der Waals surface area contributed by atoms with Crippen molar-refractivity contribution in [3.05, 3.63) is 59.7 Å². The Morgan fingerprint density at radius 2 is 1.35 bits per heavy atom. The van der Waals surface area contributed by atoms with Crippen LogP contribution in [0.25, 0.3) is 0 Å². The van der Waals surface area contributed by atoms with Crippen LogP contribution in [0.1, 0.15) is 119 Å². The second-order valence-corrected chi connectivity index (χ2v) is 10.2. The number of benzene rings is 2. The third-order valence-corrected chi connectivity index (χ3v) is 7.06. The maximum absolute atomic E-state index is 12.6. The van der Waals surface area contributed by atoms with Gasteiger partial charge in [0.05, 0.1) is 18.3 Å². The van der Waals surface area contributed by atoms with E-state index < -0.39 is 12.1 Å². The van der Waals surface area contributed by atoms with Crippen molar-refractivity contribution < 1.29 is 24.1 Å². The normalized spacial score (nSPS) is 17.4. The molecule has 5 nitrogen and oxygen atoms in total. The molecule has 1 fully saturated rings. The van der Waals surface area contributed by atoms with Crippen LogP contribution in [0.5, 0.6) is 11.5 Å². The molecule has 1 saturated heterocycles.